The molecule has 0 atom stereocenters. The quantitative estimate of drug-likeness (QED) is 0.559. The van der Waals surface area contributed by atoms with E-state index in [2.05, 4.69) is 0 Å². The van der Waals surface area contributed by atoms with Crippen LogP contribution in [0.15, 0.2) is 0 Å². The van der Waals surface area contributed by atoms with Crippen molar-refractivity contribution in [2.24, 2.45) is 5.73 Å². The molecule has 0 spiro atoms. The van der Waals surface area contributed by atoms with Crippen molar-refractivity contribution >= 4 is 11.8 Å². The van der Waals surface area contributed by atoms with Crippen molar-refractivity contribution < 1.29 is 9.59 Å². The molecule has 1 radical (unpaired) electrons. The molecule has 2 N–H and O–H groups in total. The maximum absolute atomic E-state index is 10.7. The molecule has 0 aliphatic rings. The number of primary amides is 1. The van der Waals surface area contributed by atoms with E-state index in [1.54, 1.807) is 14.1 Å². The van der Waals surface area contributed by atoms with E-state index >= 15 is 0 Å². The van der Waals surface area contributed by atoms with Crippen LogP contribution in [0, 0.1) is 6.42 Å². The molecule has 10 heavy (non-hydrogen) atoms. The molecule has 4 nitrogen and oxygen atoms in total. The fourth-order valence-electron chi connectivity index (χ4n) is 0.370. The van der Waals surface area contributed by atoms with Gasteiger partial charge in [-0.05, 0) is 0 Å². The van der Waals surface area contributed by atoms with Crippen LogP contribution >= 0.6 is 0 Å². The van der Waals surface area contributed by atoms with Gasteiger partial charge in [0.2, 0.25) is 11.8 Å². The highest BCUT2D eigenvalue weighted by molar-refractivity contribution is 5.89. The second-order valence-corrected chi connectivity index (χ2v) is 2.10. The molecule has 0 aliphatic heterocycles. The Labute approximate surface area is 60.0 Å². The van der Waals surface area contributed by atoms with Crippen LogP contribution < -0.4 is 5.73 Å². The molecule has 2 amide bonds. The number of nitrogens with zero attached hydrogens (tertiary/aromatic N) is 1. The third-order valence-electron chi connectivity index (χ3n) is 0.977. The van der Waals surface area contributed by atoms with Crippen molar-refractivity contribution in [3.8, 4) is 0 Å². The largest absolute Gasteiger partial charge is 0.369 e. The van der Waals surface area contributed by atoms with E-state index in [0.717, 1.165) is 6.42 Å². The van der Waals surface area contributed by atoms with E-state index in [0.29, 0.717) is 0 Å². The lowest BCUT2D eigenvalue weighted by molar-refractivity contribution is -0.129. The third kappa shape index (κ3) is 3.88. The standard InChI is InChI=1S/C6H11N2O2/c1-8(2)6(10)4-3-5(7)9/h3H,4H2,1-2H3,(H2,7,9). The minimum atomic E-state index is -0.560. The fraction of sp³-hybridized carbons (Fsp3) is 0.500. The molecular weight excluding hydrogens is 132 g/mol. The molecule has 0 aliphatic carbocycles. The van der Waals surface area contributed by atoms with Gasteiger partial charge in [-0.15, -0.1) is 0 Å². The predicted octanol–water partition coefficient (Wildman–Crippen LogP) is -0.846. The number of rotatable bonds is 3. The van der Waals surface area contributed by atoms with E-state index in [1.165, 1.54) is 4.90 Å². The number of hydrogen-bond donors (Lipinski definition) is 1. The minimum absolute atomic E-state index is 0.0856. The van der Waals surface area contributed by atoms with E-state index in [9.17, 15) is 9.59 Å². The Morgan fingerprint density at radius 2 is 2.00 bits per heavy atom. The smallest absolute Gasteiger partial charge is 0.222 e. The van der Waals surface area contributed by atoms with Crippen LogP contribution in [0.2, 0.25) is 0 Å². The first-order valence-corrected chi connectivity index (χ1v) is 2.87. The summed E-state index contributed by atoms with van der Waals surface area (Å²) in [6, 6.07) is 0. The molecule has 0 heterocycles. The summed E-state index contributed by atoms with van der Waals surface area (Å²) in [7, 11) is 3.24. The monoisotopic (exact) mass is 143 g/mol. The van der Waals surface area contributed by atoms with E-state index in [4.69, 9.17) is 5.73 Å². The van der Waals surface area contributed by atoms with E-state index in [-0.39, 0.29) is 12.3 Å². The zero-order valence-corrected chi connectivity index (χ0v) is 6.13. The number of carbonyl (C=O) groups excluding carboxylic acids is 2. The highest BCUT2D eigenvalue weighted by atomic mass is 16.2. The second kappa shape index (κ2) is 3.87. The van der Waals surface area contributed by atoms with Crippen LogP contribution in [0.5, 0.6) is 0 Å². The summed E-state index contributed by atoms with van der Waals surface area (Å²) in [5.74, 6) is -0.686. The summed E-state index contributed by atoms with van der Waals surface area (Å²) in [6.07, 6.45) is 1.24. The van der Waals surface area contributed by atoms with Crippen molar-refractivity contribution in [1.82, 2.24) is 4.90 Å². The summed E-state index contributed by atoms with van der Waals surface area (Å²) in [5, 5.41) is 0. The van der Waals surface area contributed by atoms with Crippen LogP contribution in [0.25, 0.3) is 0 Å². The average molecular weight is 143 g/mol. The van der Waals surface area contributed by atoms with Gasteiger partial charge in [-0.2, -0.15) is 0 Å². The van der Waals surface area contributed by atoms with Crippen molar-refractivity contribution in [3.63, 3.8) is 0 Å². The molecule has 0 rings (SSSR count). The van der Waals surface area contributed by atoms with Crippen LogP contribution in [0.3, 0.4) is 0 Å². The molecule has 0 aromatic rings. The SMILES string of the molecule is CN(C)C(=O)C[CH]C(N)=O. The number of carbonyl (C=O) groups is 2. The van der Waals surface area contributed by atoms with Gasteiger partial charge in [0.15, 0.2) is 0 Å². The summed E-state index contributed by atoms with van der Waals surface area (Å²) in [4.78, 5) is 22.3. The first kappa shape index (κ1) is 8.94. The molecule has 4 heteroatoms. The Balaban J connectivity index is 3.50. The van der Waals surface area contributed by atoms with Gasteiger partial charge in [-0.1, -0.05) is 0 Å². The Morgan fingerprint density at radius 1 is 1.50 bits per heavy atom. The zero-order valence-electron chi connectivity index (χ0n) is 6.13. The van der Waals surface area contributed by atoms with Gasteiger partial charge in [0, 0.05) is 20.5 Å². The van der Waals surface area contributed by atoms with Crippen molar-refractivity contribution in [3.05, 3.63) is 6.42 Å². The third-order valence-corrected chi connectivity index (χ3v) is 0.977. The van der Waals surface area contributed by atoms with Gasteiger partial charge < -0.3 is 10.6 Å². The van der Waals surface area contributed by atoms with E-state index < -0.39 is 5.91 Å². The van der Waals surface area contributed by atoms with Crippen molar-refractivity contribution in [2.75, 3.05) is 14.1 Å². The Hall–Kier alpha value is -1.06. The summed E-state index contributed by atoms with van der Waals surface area (Å²) >= 11 is 0. The Bertz CT molecular complexity index is 143. The molecule has 0 saturated carbocycles. The van der Waals surface area contributed by atoms with Crippen molar-refractivity contribution in [1.29, 1.82) is 0 Å². The lowest BCUT2D eigenvalue weighted by Crippen LogP contribution is -2.23. The van der Waals surface area contributed by atoms with Crippen LogP contribution in [-0.4, -0.2) is 30.8 Å². The lowest BCUT2D eigenvalue weighted by atomic mass is 10.3. The molecule has 0 fully saturated rings. The molecule has 0 aromatic heterocycles. The molecule has 0 aromatic carbocycles. The van der Waals surface area contributed by atoms with Gasteiger partial charge in [0.25, 0.3) is 0 Å². The Morgan fingerprint density at radius 3 is 2.30 bits per heavy atom. The highest BCUT2D eigenvalue weighted by Gasteiger charge is 2.05. The highest BCUT2D eigenvalue weighted by Crippen LogP contribution is 1.89. The maximum Gasteiger partial charge on any atom is 0.222 e. The lowest BCUT2D eigenvalue weighted by Gasteiger charge is -2.07. The predicted molar refractivity (Wildman–Crippen MR) is 36.8 cm³/mol. The van der Waals surface area contributed by atoms with Gasteiger partial charge >= 0.3 is 0 Å². The average Bonchev–Trinajstić information content (AvgIpc) is 1.82. The summed E-state index contributed by atoms with van der Waals surface area (Å²) in [5.41, 5.74) is 4.78. The topological polar surface area (TPSA) is 63.4 Å². The molecule has 0 unspecified atom stereocenters. The Kier molecular flexibility index (Phi) is 3.46. The van der Waals surface area contributed by atoms with Gasteiger partial charge in [-0.25, -0.2) is 0 Å². The first-order valence-electron chi connectivity index (χ1n) is 2.87. The minimum Gasteiger partial charge on any atom is -0.369 e. The van der Waals surface area contributed by atoms with Crippen LogP contribution in [-0.2, 0) is 9.59 Å². The molecule has 57 valence electrons. The van der Waals surface area contributed by atoms with Crippen molar-refractivity contribution in [2.45, 2.75) is 6.42 Å². The number of amides is 2. The number of nitrogens with two attached hydrogens (primary N) is 1. The van der Waals surface area contributed by atoms with Gasteiger partial charge in [0.05, 0.1) is 6.42 Å². The van der Waals surface area contributed by atoms with Gasteiger partial charge in [-0.3, -0.25) is 9.59 Å². The normalized spacial score (nSPS) is 9.00. The molecule has 0 bridgehead atoms. The second-order valence-electron chi connectivity index (χ2n) is 2.10. The van der Waals surface area contributed by atoms with Gasteiger partial charge in [0.1, 0.15) is 0 Å². The molecule has 0 saturated heterocycles. The summed E-state index contributed by atoms with van der Waals surface area (Å²) < 4.78 is 0. The van der Waals surface area contributed by atoms with Crippen LogP contribution in [0.4, 0.5) is 0 Å². The maximum atomic E-state index is 10.7. The zero-order chi connectivity index (χ0) is 8.15. The van der Waals surface area contributed by atoms with Crippen LogP contribution in [0.1, 0.15) is 6.42 Å². The number of hydrogen-bond acceptors (Lipinski definition) is 2. The first-order chi connectivity index (χ1) is 4.54. The van der Waals surface area contributed by atoms with E-state index in [1.807, 2.05) is 0 Å². The fourth-order valence-corrected chi connectivity index (χ4v) is 0.370. The molecular formula is C6H11N2O2. The summed E-state index contributed by atoms with van der Waals surface area (Å²) in [6.45, 7) is 0.